The van der Waals surface area contributed by atoms with Gasteiger partial charge in [0.05, 0.1) is 21.9 Å². The van der Waals surface area contributed by atoms with Crippen molar-refractivity contribution >= 4 is 30.6 Å². The van der Waals surface area contributed by atoms with E-state index in [0.717, 1.165) is 24.5 Å². The van der Waals surface area contributed by atoms with E-state index in [2.05, 4.69) is 9.97 Å². The number of aliphatic hydroxyl groups is 1. The van der Waals surface area contributed by atoms with E-state index >= 15 is 0 Å². The van der Waals surface area contributed by atoms with Gasteiger partial charge in [0.2, 0.25) is 0 Å². The van der Waals surface area contributed by atoms with E-state index in [0.29, 0.717) is 0 Å². The van der Waals surface area contributed by atoms with Gasteiger partial charge >= 0.3 is 6.18 Å². The molecule has 7 nitrogen and oxygen atoms in total. The molecule has 1 atom stereocenters. The summed E-state index contributed by atoms with van der Waals surface area (Å²) >= 11 is 0. The van der Waals surface area contributed by atoms with Crippen LogP contribution >= 0.6 is 0 Å². The molecule has 0 saturated heterocycles. The zero-order chi connectivity index (χ0) is 28.2. The minimum absolute atomic E-state index is 0.0471. The number of H-pyrrole nitrogens is 1. The average molecular weight is 565 g/mol. The molecule has 13 heteroatoms. The Labute approximate surface area is 212 Å². The normalized spacial score (nSPS) is 15.3. The molecule has 37 heavy (non-hydrogen) atoms. The Kier molecular flexibility index (Phi) is 7.34. The monoisotopic (exact) mass is 564 g/mol. The molecule has 0 amide bonds. The Morgan fingerprint density at radius 1 is 1.05 bits per heavy atom. The van der Waals surface area contributed by atoms with E-state index < -0.39 is 60.8 Å². The van der Waals surface area contributed by atoms with Crippen LogP contribution in [0.25, 0.3) is 10.9 Å². The minimum atomic E-state index is -5.15. The molecule has 3 aromatic rings. The molecule has 0 aliphatic carbocycles. The SMILES string of the molecule is CC(C)S(=O)(=O)c1cc2cc(CC(O)(CC(C)(C)c3cc(F)ccc3S(C)(=O)=O)C(F)(F)F)[nH]c2cn1. The van der Waals surface area contributed by atoms with Crippen molar-refractivity contribution in [1.82, 2.24) is 9.97 Å². The Morgan fingerprint density at radius 2 is 1.68 bits per heavy atom. The number of halogens is 4. The molecular weight excluding hydrogens is 536 g/mol. The van der Waals surface area contributed by atoms with E-state index in [1.165, 1.54) is 46.0 Å². The maximum atomic E-state index is 14.3. The van der Waals surface area contributed by atoms with Crippen molar-refractivity contribution in [3.8, 4) is 0 Å². The standard InChI is InChI=1S/C24H28F4N2O5S2/c1-14(2)37(34,35)21-9-15-8-17(30-19(15)12-29-21)11-23(31,24(26,27)28)13-22(3,4)18-10-16(25)6-7-20(18)36(5,32)33/h6-10,12,14,30-31H,11,13H2,1-5H3. The van der Waals surface area contributed by atoms with Gasteiger partial charge in [0, 0.05) is 23.8 Å². The molecule has 0 spiro atoms. The van der Waals surface area contributed by atoms with E-state index in [9.17, 15) is 39.5 Å². The number of nitrogens with zero attached hydrogens (tertiary/aromatic N) is 1. The topological polar surface area (TPSA) is 117 Å². The Morgan fingerprint density at radius 3 is 2.22 bits per heavy atom. The number of benzene rings is 1. The third kappa shape index (κ3) is 5.83. The quantitative estimate of drug-likeness (QED) is 0.308. The van der Waals surface area contributed by atoms with Gasteiger partial charge in [-0.2, -0.15) is 13.2 Å². The lowest BCUT2D eigenvalue weighted by molar-refractivity contribution is -0.266. The summed E-state index contributed by atoms with van der Waals surface area (Å²) < 4.78 is 106. The van der Waals surface area contributed by atoms with Crippen LogP contribution in [0.5, 0.6) is 0 Å². The fourth-order valence-electron chi connectivity index (χ4n) is 4.32. The first-order valence-corrected chi connectivity index (χ1v) is 14.6. The maximum absolute atomic E-state index is 14.3. The molecule has 2 heterocycles. The van der Waals surface area contributed by atoms with Crippen LogP contribution in [0.4, 0.5) is 17.6 Å². The van der Waals surface area contributed by atoms with Crippen LogP contribution in [0, 0.1) is 5.82 Å². The van der Waals surface area contributed by atoms with E-state index in [1.807, 2.05) is 0 Å². The molecule has 3 rings (SSSR count). The second-order valence-electron chi connectivity index (χ2n) is 10.2. The largest absolute Gasteiger partial charge is 0.417 e. The first kappa shape index (κ1) is 29.1. The van der Waals surface area contributed by atoms with Crippen LogP contribution in [0.2, 0.25) is 0 Å². The first-order chi connectivity index (χ1) is 16.7. The summed E-state index contributed by atoms with van der Waals surface area (Å²) in [6.45, 7) is 5.54. The second-order valence-corrected chi connectivity index (χ2v) is 14.6. The van der Waals surface area contributed by atoms with Crippen LogP contribution in [0.1, 0.15) is 45.4 Å². The Bertz CT molecular complexity index is 1540. The number of aromatic amines is 1. The van der Waals surface area contributed by atoms with Crippen LogP contribution in [-0.4, -0.2) is 55.2 Å². The number of alkyl halides is 3. The van der Waals surface area contributed by atoms with Gasteiger partial charge in [-0.25, -0.2) is 26.2 Å². The van der Waals surface area contributed by atoms with Crippen LogP contribution < -0.4 is 0 Å². The molecule has 1 aromatic carbocycles. The van der Waals surface area contributed by atoms with Gasteiger partial charge in [0.1, 0.15) is 5.82 Å². The summed E-state index contributed by atoms with van der Waals surface area (Å²) in [5.74, 6) is -0.832. The third-order valence-corrected chi connectivity index (χ3v) is 9.47. The number of pyridine rings is 1. The van der Waals surface area contributed by atoms with Gasteiger partial charge in [-0.15, -0.1) is 0 Å². The molecule has 0 aliphatic rings. The number of sulfone groups is 2. The van der Waals surface area contributed by atoms with Gasteiger partial charge < -0.3 is 10.1 Å². The average Bonchev–Trinajstić information content (AvgIpc) is 3.12. The summed E-state index contributed by atoms with van der Waals surface area (Å²) in [6, 6.07) is 5.29. The van der Waals surface area contributed by atoms with Crippen molar-refractivity contribution in [1.29, 1.82) is 0 Å². The van der Waals surface area contributed by atoms with Crippen LogP contribution in [0.3, 0.4) is 0 Å². The predicted molar refractivity (Wildman–Crippen MR) is 130 cm³/mol. The zero-order valence-corrected chi connectivity index (χ0v) is 22.4. The highest BCUT2D eigenvalue weighted by Crippen LogP contribution is 2.44. The highest BCUT2D eigenvalue weighted by Gasteiger charge is 2.56. The number of rotatable bonds is 8. The molecule has 2 aromatic heterocycles. The summed E-state index contributed by atoms with van der Waals surface area (Å²) in [6.07, 6.45) is -5.04. The van der Waals surface area contributed by atoms with Crippen molar-refractivity contribution in [3.05, 3.63) is 53.6 Å². The lowest BCUT2D eigenvalue weighted by atomic mass is 9.73. The molecule has 0 saturated carbocycles. The molecular formula is C24H28F4N2O5S2. The number of hydrogen-bond acceptors (Lipinski definition) is 6. The molecule has 0 radical (unpaired) electrons. The highest BCUT2D eigenvalue weighted by atomic mass is 32.2. The van der Waals surface area contributed by atoms with E-state index in [1.54, 1.807) is 0 Å². The van der Waals surface area contributed by atoms with Gasteiger partial charge in [-0.05, 0) is 61.6 Å². The van der Waals surface area contributed by atoms with E-state index in [4.69, 9.17) is 0 Å². The van der Waals surface area contributed by atoms with Crippen LogP contribution in [-0.2, 0) is 31.5 Å². The molecule has 0 aliphatic heterocycles. The second kappa shape index (κ2) is 9.35. The maximum Gasteiger partial charge on any atom is 0.417 e. The zero-order valence-electron chi connectivity index (χ0n) is 20.8. The van der Waals surface area contributed by atoms with Crippen molar-refractivity contribution in [2.45, 2.75) is 72.9 Å². The Hall–Kier alpha value is -2.51. The van der Waals surface area contributed by atoms with Gasteiger partial charge in [-0.3, -0.25) is 0 Å². The Balaban J connectivity index is 2.05. The molecule has 1 unspecified atom stereocenters. The van der Waals surface area contributed by atoms with E-state index in [-0.39, 0.29) is 32.1 Å². The lowest BCUT2D eigenvalue weighted by Crippen LogP contribution is -2.51. The molecule has 0 bridgehead atoms. The van der Waals surface area contributed by atoms with Crippen molar-refractivity contribution in [3.63, 3.8) is 0 Å². The minimum Gasteiger partial charge on any atom is -0.380 e. The number of nitrogens with one attached hydrogen (secondary N) is 1. The molecule has 0 fully saturated rings. The fourth-order valence-corrected chi connectivity index (χ4v) is 6.35. The van der Waals surface area contributed by atoms with Crippen molar-refractivity contribution < 1.29 is 39.5 Å². The molecule has 2 N–H and O–H groups in total. The van der Waals surface area contributed by atoms with Gasteiger partial charge in [-0.1, -0.05) is 13.8 Å². The lowest BCUT2D eigenvalue weighted by Gasteiger charge is -2.38. The number of fused-ring (bicyclic) bond motifs is 1. The first-order valence-electron chi connectivity index (χ1n) is 11.2. The highest BCUT2D eigenvalue weighted by molar-refractivity contribution is 7.92. The number of hydrogen-bond donors (Lipinski definition) is 2. The number of aromatic nitrogens is 2. The van der Waals surface area contributed by atoms with Crippen molar-refractivity contribution in [2.24, 2.45) is 0 Å². The summed E-state index contributed by atoms with van der Waals surface area (Å²) in [4.78, 5) is 6.30. The fraction of sp³-hybridized carbons (Fsp3) is 0.458. The summed E-state index contributed by atoms with van der Waals surface area (Å²) in [7, 11) is -7.64. The van der Waals surface area contributed by atoms with Crippen molar-refractivity contribution in [2.75, 3.05) is 6.26 Å². The predicted octanol–water partition coefficient (Wildman–Crippen LogP) is 4.49. The molecule has 204 valence electrons. The van der Waals surface area contributed by atoms with Gasteiger partial charge in [0.15, 0.2) is 30.3 Å². The third-order valence-electron chi connectivity index (χ3n) is 6.26. The summed E-state index contributed by atoms with van der Waals surface area (Å²) in [5.41, 5.74) is -4.95. The van der Waals surface area contributed by atoms with Crippen LogP contribution in [0.15, 0.2) is 46.5 Å². The summed E-state index contributed by atoms with van der Waals surface area (Å²) in [5, 5.41) is 10.2. The van der Waals surface area contributed by atoms with Gasteiger partial charge in [0.25, 0.3) is 0 Å². The smallest absolute Gasteiger partial charge is 0.380 e.